The van der Waals surface area contributed by atoms with Gasteiger partial charge in [0.25, 0.3) is 0 Å². The largest absolute Gasteiger partial charge is 0.497 e. The van der Waals surface area contributed by atoms with Crippen molar-refractivity contribution in [2.24, 2.45) is 0 Å². The zero-order valence-corrected chi connectivity index (χ0v) is 14.4. The van der Waals surface area contributed by atoms with E-state index in [1.807, 2.05) is 30.3 Å². The first-order chi connectivity index (χ1) is 12.3. The number of allylic oxidation sites excluding steroid dienone is 3. The molecule has 0 N–H and O–H groups in total. The third-order valence-electron chi connectivity index (χ3n) is 4.06. The molecule has 0 saturated heterocycles. The van der Waals surface area contributed by atoms with Crippen molar-refractivity contribution in [2.45, 2.75) is 6.42 Å². The van der Waals surface area contributed by atoms with Crippen LogP contribution in [0.3, 0.4) is 0 Å². The van der Waals surface area contributed by atoms with Crippen molar-refractivity contribution in [3.8, 4) is 5.75 Å². The van der Waals surface area contributed by atoms with Crippen molar-refractivity contribution < 1.29 is 4.74 Å². The molecule has 0 aliphatic carbocycles. The molecule has 3 rings (SSSR count). The number of methoxy groups -OCH3 is 1. The first-order valence-corrected chi connectivity index (χ1v) is 8.47. The Bertz CT molecular complexity index is 846. The van der Waals surface area contributed by atoms with E-state index in [1.165, 1.54) is 16.7 Å². The Kier molecular flexibility index (Phi) is 5.84. The fourth-order valence-electron chi connectivity index (χ4n) is 2.69. The fourth-order valence-corrected chi connectivity index (χ4v) is 2.69. The van der Waals surface area contributed by atoms with Crippen LogP contribution in [0.4, 0.5) is 0 Å². The smallest absolute Gasteiger partial charge is 0.119 e. The lowest BCUT2D eigenvalue weighted by Gasteiger charge is -2.05. The summed E-state index contributed by atoms with van der Waals surface area (Å²) >= 11 is 0. The van der Waals surface area contributed by atoms with E-state index < -0.39 is 0 Å². The van der Waals surface area contributed by atoms with Crippen LogP contribution in [0.1, 0.15) is 16.7 Å². The van der Waals surface area contributed by atoms with E-state index in [4.69, 9.17) is 4.74 Å². The minimum Gasteiger partial charge on any atom is -0.497 e. The highest BCUT2D eigenvalue weighted by atomic mass is 16.5. The van der Waals surface area contributed by atoms with Gasteiger partial charge in [0.1, 0.15) is 5.75 Å². The van der Waals surface area contributed by atoms with Crippen LogP contribution in [-0.4, -0.2) is 7.11 Å². The molecule has 3 aromatic rings. The lowest BCUT2D eigenvalue weighted by molar-refractivity contribution is 0.414. The van der Waals surface area contributed by atoms with Gasteiger partial charge in [-0.1, -0.05) is 91.0 Å². The van der Waals surface area contributed by atoms with Crippen LogP contribution in [0.5, 0.6) is 5.75 Å². The normalized spacial score (nSPS) is 11.6. The maximum Gasteiger partial charge on any atom is 0.119 e. The monoisotopic (exact) mass is 326 g/mol. The Morgan fingerprint density at radius 1 is 0.840 bits per heavy atom. The van der Waals surface area contributed by atoms with Crippen LogP contribution in [0.25, 0.3) is 11.6 Å². The van der Waals surface area contributed by atoms with Gasteiger partial charge >= 0.3 is 0 Å². The predicted molar refractivity (Wildman–Crippen MR) is 107 cm³/mol. The molecule has 0 saturated carbocycles. The number of hydrogen-bond acceptors (Lipinski definition) is 1. The van der Waals surface area contributed by atoms with E-state index in [9.17, 15) is 0 Å². The third-order valence-corrected chi connectivity index (χ3v) is 4.06. The molecule has 0 heterocycles. The Balaban J connectivity index is 1.87. The molecule has 0 amide bonds. The Morgan fingerprint density at radius 3 is 2.28 bits per heavy atom. The van der Waals surface area contributed by atoms with Crippen molar-refractivity contribution in [2.75, 3.05) is 7.11 Å². The molecule has 3 aromatic carbocycles. The van der Waals surface area contributed by atoms with Gasteiger partial charge in [0, 0.05) is 0 Å². The van der Waals surface area contributed by atoms with Gasteiger partial charge in [0.05, 0.1) is 7.11 Å². The van der Waals surface area contributed by atoms with Crippen LogP contribution in [0.15, 0.2) is 97.1 Å². The van der Waals surface area contributed by atoms with Gasteiger partial charge in [-0.3, -0.25) is 0 Å². The Hall–Kier alpha value is -3.06. The molecular formula is C24H22O. The predicted octanol–water partition coefficient (Wildman–Crippen LogP) is 6.03. The first kappa shape index (κ1) is 16.8. The molecule has 0 unspecified atom stereocenters. The summed E-state index contributed by atoms with van der Waals surface area (Å²) in [5, 5.41) is 0. The van der Waals surface area contributed by atoms with Gasteiger partial charge in [-0.15, -0.1) is 0 Å². The van der Waals surface area contributed by atoms with Gasteiger partial charge in [0.15, 0.2) is 0 Å². The molecule has 124 valence electrons. The molecule has 1 heteroatoms. The van der Waals surface area contributed by atoms with E-state index in [1.54, 1.807) is 7.11 Å². The average Bonchev–Trinajstić information content (AvgIpc) is 2.69. The summed E-state index contributed by atoms with van der Waals surface area (Å²) < 4.78 is 5.30. The molecule has 0 aromatic heterocycles. The number of ether oxygens (including phenoxy) is 1. The van der Waals surface area contributed by atoms with Crippen LogP contribution in [-0.2, 0) is 6.42 Å². The second kappa shape index (κ2) is 8.70. The van der Waals surface area contributed by atoms with Crippen LogP contribution >= 0.6 is 0 Å². The molecule has 0 bridgehead atoms. The van der Waals surface area contributed by atoms with E-state index in [2.05, 4.69) is 72.8 Å². The van der Waals surface area contributed by atoms with E-state index in [0.717, 1.165) is 17.7 Å². The zero-order valence-electron chi connectivity index (χ0n) is 14.4. The summed E-state index contributed by atoms with van der Waals surface area (Å²) in [6, 6.07) is 29.1. The van der Waals surface area contributed by atoms with E-state index >= 15 is 0 Å². The topological polar surface area (TPSA) is 9.23 Å². The minimum atomic E-state index is 0.872. The van der Waals surface area contributed by atoms with Crippen LogP contribution < -0.4 is 4.74 Å². The number of rotatable bonds is 6. The van der Waals surface area contributed by atoms with E-state index in [0.29, 0.717) is 0 Å². The maximum absolute atomic E-state index is 5.30. The van der Waals surface area contributed by atoms with Gasteiger partial charge < -0.3 is 4.74 Å². The lowest BCUT2D eigenvalue weighted by Crippen LogP contribution is -1.85. The molecule has 25 heavy (non-hydrogen) atoms. The highest BCUT2D eigenvalue weighted by Crippen LogP contribution is 2.20. The Labute approximate surface area is 149 Å². The quantitative estimate of drug-likeness (QED) is 0.502. The second-order valence-corrected chi connectivity index (χ2v) is 5.83. The van der Waals surface area contributed by atoms with Gasteiger partial charge in [-0.05, 0) is 40.8 Å². The minimum absolute atomic E-state index is 0.872. The van der Waals surface area contributed by atoms with Crippen molar-refractivity contribution >= 4 is 11.6 Å². The van der Waals surface area contributed by atoms with Gasteiger partial charge in [0.2, 0.25) is 0 Å². The average molecular weight is 326 g/mol. The van der Waals surface area contributed by atoms with E-state index in [-0.39, 0.29) is 0 Å². The third kappa shape index (κ3) is 4.95. The Morgan fingerprint density at radius 2 is 1.56 bits per heavy atom. The highest BCUT2D eigenvalue weighted by molar-refractivity contribution is 5.79. The highest BCUT2D eigenvalue weighted by Gasteiger charge is 1.99. The zero-order chi connectivity index (χ0) is 17.3. The summed E-state index contributed by atoms with van der Waals surface area (Å²) in [4.78, 5) is 0. The standard InChI is InChI=1S/C24H22O/c1-25-24-14-8-11-21(19-24)16-18-23(22-12-6-3-7-13-22)17-15-20-9-4-2-5-10-20/h2-14,16-19H,15H2,1H3. The molecule has 0 spiro atoms. The molecule has 0 radical (unpaired) electrons. The molecule has 0 aliphatic heterocycles. The molecule has 0 aliphatic rings. The first-order valence-electron chi connectivity index (χ1n) is 8.47. The summed E-state index contributed by atoms with van der Waals surface area (Å²) in [6.07, 6.45) is 7.49. The number of benzene rings is 3. The molecule has 0 atom stereocenters. The molecule has 1 nitrogen and oxygen atoms in total. The van der Waals surface area contributed by atoms with Crippen molar-refractivity contribution in [3.05, 3.63) is 114 Å². The fraction of sp³-hybridized carbons (Fsp3) is 0.0833. The number of hydrogen-bond donors (Lipinski definition) is 0. The summed E-state index contributed by atoms with van der Waals surface area (Å²) in [6.45, 7) is 0. The van der Waals surface area contributed by atoms with Gasteiger partial charge in [-0.25, -0.2) is 0 Å². The summed E-state index contributed by atoms with van der Waals surface area (Å²) in [5.74, 6) is 0.872. The second-order valence-electron chi connectivity index (χ2n) is 5.83. The summed E-state index contributed by atoms with van der Waals surface area (Å²) in [7, 11) is 1.69. The van der Waals surface area contributed by atoms with Crippen molar-refractivity contribution in [1.82, 2.24) is 0 Å². The van der Waals surface area contributed by atoms with Crippen molar-refractivity contribution in [1.29, 1.82) is 0 Å². The summed E-state index contributed by atoms with van der Waals surface area (Å²) in [5.41, 5.74) is 4.87. The molecular weight excluding hydrogens is 304 g/mol. The van der Waals surface area contributed by atoms with Gasteiger partial charge in [-0.2, -0.15) is 0 Å². The lowest BCUT2D eigenvalue weighted by atomic mass is 10.0. The van der Waals surface area contributed by atoms with Crippen molar-refractivity contribution in [3.63, 3.8) is 0 Å². The van der Waals surface area contributed by atoms with Crippen LogP contribution in [0.2, 0.25) is 0 Å². The molecule has 0 fully saturated rings. The maximum atomic E-state index is 5.30. The van der Waals surface area contributed by atoms with Crippen LogP contribution in [0, 0.1) is 0 Å². The SMILES string of the molecule is COc1cccc(C=CC(=CCc2ccccc2)c2ccccc2)c1.